The van der Waals surface area contributed by atoms with Gasteiger partial charge in [0.15, 0.2) is 11.6 Å². The summed E-state index contributed by atoms with van der Waals surface area (Å²) in [6.45, 7) is 28.4. The highest BCUT2D eigenvalue weighted by Crippen LogP contribution is 2.28. The van der Waals surface area contributed by atoms with Crippen molar-refractivity contribution < 1.29 is 57.4 Å². The maximum Gasteiger partial charge on any atom is 0.417 e. The van der Waals surface area contributed by atoms with Crippen LogP contribution in [-0.4, -0.2) is 247 Å². The molecule has 698 valence electrons. The monoisotopic (exact) mass is 1880 g/mol. The third kappa shape index (κ3) is 30.6. The number of piperazine rings is 3. The number of ether oxygens (including phenoxy) is 3. The van der Waals surface area contributed by atoms with E-state index in [4.69, 9.17) is 9.97 Å². The van der Waals surface area contributed by atoms with Crippen LogP contribution in [0.2, 0.25) is 0 Å². The average molecular weight is 1890 g/mol. The molecule has 3 aliphatic rings. The lowest BCUT2D eigenvalue weighted by molar-refractivity contribution is -0.167. The van der Waals surface area contributed by atoms with Gasteiger partial charge >= 0.3 is 17.9 Å². The van der Waals surface area contributed by atoms with Crippen molar-refractivity contribution in [2.45, 2.75) is 93.8 Å². The first-order chi connectivity index (χ1) is 65.2. The quantitative estimate of drug-likeness (QED) is 0.0129. The molecular formula is C104H113BrN18O12. The van der Waals surface area contributed by atoms with E-state index in [9.17, 15) is 43.2 Å². The summed E-state index contributed by atoms with van der Waals surface area (Å²) in [6.07, 6.45) is 15.7. The molecule has 3 fully saturated rings. The van der Waals surface area contributed by atoms with Gasteiger partial charge in [-0.1, -0.05) is 54.6 Å². The summed E-state index contributed by atoms with van der Waals surface area (Å²) in [5.74, 6) is -2.92. The number of carbonyl (C=O) groups excluding carboxylic acids is 9. The topological polar surface area (TPSA) is 353 Å². The van der Waals surface area contributed by atoms with Gasteiger partial charge in [-0.3, -0.25) is 58.4 Å². The Hall–Kier alpha value is -13.9. The molecule has 0 radical (unpaired) electrons. The van der Waals surface area contributed by atoms with E-state index in [-0.39, 0.29) is 48.9 Å². The summed E-state index contributed by atoms with van der Waals surface area (Å²) >= 11 is 3.47. The van der Waals surface area contributed by atoms with Crippen molar-refractivity contribution in [3.05, 3.63) is 319 Å². The Morgan fingerprint density at radius 3 is 0.993 bits per heavy atom. The summed E-state index contributed by atoms with van der Waals surface area (Å²) in [6, 6.07) is 51.9. The lowest BCUT2D eigenvalue weighted by Gasteiger charge is -2.32. The standard InChI is InChI=1S/C36H38N6O5.C32H34N6O2.C30H31BrN6O.C6H10O4/c1-4-47-36(46)33(44)20-32(43)29-17-28(21-37-22-29)31-11-12-38-34(40-31)19-27-18-30(10-5-24(27)2)39-35(45)26-8-6-25(7-9-26)23-42-15-13-41(3)14-16-42;1-22-4-9-29(35-32(40)25-7-5-24(6-8-25)21-38-14-12-37(3)13-15-38)17-26(22)18-31-34-11-10-30(36-31)28-16-27(23(2)39)19-33-20-28;1-21-3-8-27(16-24(21)17-29-33-10-9-28(35-29)25-15-26(31)19-32-18-25)34-30(38)23-6-4-22(5-7-23)20-37-13-11-36(2)12-14-37;1-3-9-5(7)6(8)10-4-2/h5-12,17-18,21-22H,4,13-16,19-20,23H2,1-3H3,(H,39,45);4-11,16-17,19-20H,12-15,18,21H2,1-3H3,(H,35,40);3-10,15-16,18-19H,11-14,17,20H2,1-2H3,(H,34,38);3-4H2,1-2H3. The smallest absolute Gasteiger partial charge is 0.417 e. The van der Waals surface area contributed by atoms with Crippen LogP contribution in [0.5, 0.6) is 0 Å². The third-order valence-corrected chi connectivity index (χ3v) is 23.4. The number of hydrogen-bond donors (Lipinski definition) is 3. The fourth-order valence-electron chi connectivity index (χ4n) is 14.9. The van der Waals surface area contributed by atoms with E-state index in [2.05, 4.69) is 151 Å². The average Bonchev–Trinajstić information content (AvgIpc) is 0.829. The van der Waals surface area contributed by atoms with E-state index in [0.29, 0.717) is 81.6 Å². The lowest BCUT2D eigenvalue weighted by atomic mass is 10.0. The fraction of sp³-hybridized carbons (Fsp3) is 0.308. The molecule has 135 heavy (non-hydrogen) atoms. The Bertz CT molecular complexity index is 6130. The van der Waals surface area contributed by atoms with Crippen molar-refractivity contribution >= 4 is 86.0 Å². The molecule has 12 aromatic rings. The summed E-state index contributed by atoms with van der Waals surface area (Å²) in [7, 11) is 6.46. The van der Waals surface area contributed by atoms with E-state index in [1.807, 2.05) is 147 Å². The maximum atomic E-state index is 13.1. The van der Waals surface area contributed by atoms with Crippen molar-refractivity contribution in [2.24, 2.45) is 0 Å². The number of ketones is 3. The molecular weight excluding hydrogens is 1770 g/mol. The number of aromatic nitrogens is 9. The number of hydrogen-bond acceptors (Lipinski definition) is 27. The molecule has 9 heterocycles. The number of benzene rings is 6. The highest BCUT2D eigenvalue weighted by atomic mass is 79.9. The number of likely N-dealkylation sites (N-methyl/N-ethyl adjacent to an activating group) is 3. The predicted molar refractivity (Wildman–Crippen MR) is 521 cm³/mol. The van der Waals surface area contributed by atoms with Crippen LogP contribution in [0.3, 0.4) is 0 Å². The zero-order chi connectivity index (χ0) is 95.9. The Morgan fingerprint density at radius 1 is 0.356 bits per heavy atom. The highest BCUT2D eigenvalue weighted by Gasteiger charge is 2.24. The van der Waals surface area contributed by atoms with E-state index >= 15 is 0 Å². The number of rotatable bonds is 29. The SMILES string of the molecule is CC(=O)c1cncc(-c2ccnc(Cc3cc(NC(=O)c4ccc(CN5CCN(C)CC5)cc4)ccc3C)n2)c1.CCOC(=O)C(=O)CC(=O)c1cncc(-c2ccnc(Cc3cc(NC(=O)c4ccc(CN5CCN(C)CC5)cc4)ccc3C)n2)c1.CCOC(=O)C(=O)OCC.Cc1ccc(NC(=O)c2ccc(CN3CCN(C)CC3)cc2)cc1Cc1nccc(-c2cncc(Br)c2)n1. The number of Topliss-reactive ketones (excluding diaryl/α,β-unsaturated/α-hetero) is 3. The molecule has 31 heteroatoms. The first kappa shape index (κ1) is 100. The van der Waals surface area contributed by atoms with Crippen molar-refractivity contribution in [2.75, 3.05) is 135 Å². The normalized spacial score (nSPS) is 13.6. The highest BCUT2D eigenvalue weighted by molar-refractivity contribution is 9.10. The Balaban J connectivity index is 0.000000174. The second-order valence-electron chi connectivity index (χ2n) is 33.3. The van der Waals surface area contributed by atoms with Crippen LogP contribution >= 0.6 is 15.9 Å². The van der Waals surface area contributed by atoms with Gasteiger partial charge in [-0.2, -0.15) is 0 Å². The maximum absolute atomic E-state index is 13.1. The molecule has 3 saturated heterocycles. The number of nitrogens with one attached hydrogen (secondary N) is 3. The second-order valence-corrected chi connectivity index (χ2v) is 34.2. The molecule has 3 N–H and O–H groups in total. The Labute approximate surface area is 795 Å². The summed E-state index contributed by atoms with van der Waals surface area (Å²) in [5, 5.41) is 9.10. The minimum atomic E-state index is -1.03. The lowest BCUT2D eigenvalue weighted by Crippen LogP contribution is -2.43. The number of anilines is 3. The van der Waals surface area contributed by atoms with Gasteiger partial charge in [-0.15, -0.1) is 0 Å². The molecule has 0 bridgehead atoms. The van der Waals surface area contributed by atoms with Gasteiger partial charge in [0.1, 0.15) is 17.5 Å². The molecule has 6 aromatic carbocycles. The molecule has 0 unspecified atom stereocenters. The number of aryl methyl sites for hydroxylation is 3. The first-order valence-corrected chi connectivity index (χ1v) is 45.7. The number of pyridine rings is 3. The molecule has 15 rings (SSSR count). The largest absolute Gasteiger partial charge is 0.460 e. The predicted octanol–water partition coefficient (Wildman–Crippen LogP) is 14.1. The van der Waals surface area contributed by atoms with Crippen molar-refractivity contribution in [1.29, 1.82) is 0 Å². The fourth-order valence-corrected chi connectivity index (χ4v) is 15.3. The van der Waals surface area contributed by atoms with Crippen LogP contribution in [0.25, 0.3) is 33.8 Å². The van der Waals surface area contributed by atoms with Crippen molar-refractivity contribution in [3.8, 4) is 33.8 Å². The zero-order valence-corrected chi connectivity index (χ0v) is 79.4. The summed E-state index contributed by atoms with van der Waals surface area (Å²) in [5.41, 5.74) is 18.9. The molecule has 3 amide bonds. The summed E-state index contributed by atoms with van der Waals surface area (Å²) in [4.78, 5) is 162. The molecule has 0 saturated carbocycles. The van der Waals surface area contributed by atoms with Gasteiger partial charge in [0, 0.05) is 239 Å². The molecule has 0 atom stereocenters. The van der Waals surface area contributed by atoms with Crippen LogP contribution in [0, 0.1) is 20.8 Å². The molecule has 0 spiro atoms. The Morgan fingerprint density at radius 2 is 0.667 bits per heavy atom. The molecule has 0 aliphatic carbocycles. The molecule has 6 aromatic heterocycles. The van der Waals surface area contributed by atoms with Crippen LogP contribution in [0.4, 0.5) is 17.1 Å². The van der Waals surface area contributed by atoms with E-state index in [1.165, 1.54) is 29.8 Å². The van der Waals surface area contributed by atoms with Gasteiger partial charge in [-0.05, 0) is 245 Å². The number of carbonyl (C=O) groups is 9. The zero-order valence-electron chi connectivity index (χ0n) is 77.8. The van der Waals surface area contributed by atoms with Crippen LogP contribution < -0.4 is 16.0 Å². The minimum Gasteiger partial charge on any atom is -0.460 e. The van der Waals surface area contributed by atoms with Crippen LogP contribution in [0.15, 0.2) is 224 Å². The van der Waals surface area contributed by atoms with Gasteiger partial charge in [-0.25, -0.2) is 44.3 Å². The first-order valence-electron chi connectivity index (χ1n) is 44.9. The number of nitrogens with zero attached hydrogens (tertiary/aromatic N) is 15. The van der Waals surface area contributed by atoms with E-state index in [1.54, 1.807) is 88.5 Å². The van der Waals surface area contributed by atoms with Crippen LogP contribution in [-0.2, 0) is 72.3 Å². The minimum absolute atomic E-state index is 0.0419. The van der Waals surface area contributed by atoms with Crippen molar-refractivity contribution in [1.82, 2.24) is 74.3 Å². The molecule has 3 aliphatic heterocycles. The van der Waals surface area contributed by atoms with Gasteiger partial charge in [0.25, 0.3) is 17.7 Å². The van der Waals surface area contributed by atoms with Gasteiger partial charge < -0.3 is 44.9 Å². The Kier molecular flexibility index (Phi) is 36.8. The number of esters is 3. The number of halogens is 1. The van der Waals surface area contributed by atoms with Gasteiger partial charge in [0.05, 0.1) is 43.3 Å². The molecule has 30 nitrogen and oxygen atoms in total. The summed E-state index contributed by atoms with van der Waals surface area (Å²) < 4.78 is 14.3. The third-order valence-electron chi connectivity index (χ3n) is 23.0. The van der Waals surface area contributed by atoms with E-state index in [0.717, 1.165) is 164 Å². The van der Waals surface area contributed by atoms with Crippen molar-refractivity contribution in [3.63, 3.8) is 0 Å². The number of amides is 3. The van der Waals surface area contributed by atoms with Gasteiger partial charge in [0.2, 0.25) is 5.78 Å². The van der Waals surface area contributed by atoms with Crippen LogP contribution in [0.1, 0.15) is 153 Å². The second kappa shape index (κ2) is 49.7. The van der Waals surface area contributed by atoms with E-state index < -0.39 is 35.9 Å².